The molecule has 7 heteroatoms. The number of aliphatic hydroxyl groups excluding tert-OH is 1. The maximum atomic E-state index is 9.97. The monoisotopic (exact) mass is 336 g/mol. The first kappa shape index (κ1) is 16.4. The van der Waals surface area contributed by atoms with Gasteiger partial charge in [-0.05, 0) is 37.6 Å². The average Bonchev–Trinajstić information content (AvgIpc) is 3.03. The summed E-state index contributed by atoms with van der Waals surface area (Å²) in [6.07, 6.45) is 5.13. The Balaban J connectivity index is 1.45. The molecule has 1 N–H and O–H groups in total. The number of hydrogen-bond acceptors (Lipinski definition) is 7. The molecule has 24 heavy (non-hydrogen) atoms. The molecule has 0 amide bonds. The van der Waals surface area contributed by atoms with Crippen LogP contribution in [0.5, 0.6) is 0 Å². The Morgan fingerprint density at radius 1 is 1.29 bits per heavy atom. The van der Waals surface area contributed by atoms with Crippen LogP contribution in [0.1, 0.15) is 37.4 Å². The minimum Gasteiger partial charge on any atom is -0.395 e. The highest BCUT2D eigenvalue weighted by atomic mass is 16.5. The van der Waals surface area contributed by atoms with E-state index in [4.69, 9.17) is 9.26 Å². The minimum atomic E-state index is 0.278. The van der Waals surface area contributed by atoms with E-state index in [9.17, 15) is 5.11 Å². The molecule has 3 aliphatic heterocycles. The van der Waals surface area contributed by atoms with E-state index < -0.39 is 0 Å². The van der Waals surface area contributed by atoms with Crippen molar-refractivity contribution in [2.45, 2.75) is 50.9 Å². The van der Waals surface area contributed by atoms with Gasteiger partial charge in [0.25, 0.3) is 0 Å². The topological polar surface area (TPSA) is 74.9 Å². The molecule has 0 saturated carbocycles. The van der Waals surface area contributed by atoms with Gasteiger partial charge in [-0.25, -0.2) is 0 Å². The number of piperidine rings is 3. The molecule has 0 spiro atoms. The van der Waals surface area contributed by atoms with E-state index in [-0.39, 0.29) is 6.61 Å². The van der Waals surface area contributed by atoms with E-state index in [0.717, 1.165) is 19.6 Å². The Morgan fingerprint density at radius 2 is 2.17 bits per heavy atom. The number of aliphatic hydroxyl groups is 1. The van der Waals surface area contributed by atoms with Gasteiger partial charge in [0, 0.05) is 32.3 Å². The smallest absolute Gasteiger partial charge is 0.240 e. The molecule has 1 aromatic heterocycles. The maximum absolute atomic E-state index is 9.97. The van der Waals surface area contributed by atoms with Crippen LogP contribution in [-0.4, -0.2) is 70.5 Å². The number of nitrogens with zero attached hydrogens (tertiary/aromatic N) is 4. The SMILES string of the molecule is COCc1noc(CN2C[C@H]3C[C@@H](C2)[C@H](CO)N2CCCC[C@@H]32)n1. The van der Waals surface area contributed by atoms with E-state index in [0.29, 0.717) is 48.8 Å². The highest BCUT2D eigenvalue weighted by Crippen LogP contribution is 2.41. The third kappa shape index (κ3) is 3.10. The summed E-state index contributed by atoms with van der Waals surface area (Å²) < 4.78 is 10.4. The Morgan fingerprint density at radius 3 is 3.00 bits per heavy atom. The lowest BCUT2D eigenvalue weighted by Crippen LogP contribution is -2.64. The predicted octanol–water partition coefficient (Wildman–Crippen LogP) is 0.883. The predicted molar refractivity (Wildman–Crippen MR) is 87.1 cm³/mol. The highest BCUT2D eigenvalue weighted by molar-refractivity contribution is 5.01. The molecule has 0 aromatic carbocycles. The van der Waals surface area contributed by atoms with Crippen LogP contribution < -0.4 is 0 Å². The van der Waals surface area contributed by atoms with E-state index >= 15 is 0 Å². The Bertz CT molecular complexity index is 538. The molecule has 134 valence electrons. The van der Waals surface area contributed by atoms with Gasteiger partial charge in [-0.15, -0.1) is 0 Å². The summed E-state index contributed by atoms with van der Waals surface area (Å²) in [6, 6.07) is 0.961. The molecule has 7 nitrogen and oxygen atoms in total. The van der Waals surface area contributed by atoms with Crippen LogP contribution in [0.4, 0.5) is 0 Å². The molecular weight excluding hydrogens is 308 g/mol. The van der Waals surface area contributed by atoms with Gasteiger partial charge in [-0.1, -0.05) is 11.6 Å². The fraction of sp³-hybridized carbons (Fsp3) is 0.882. The molecular formula is C17H28N4O3. The Labute approximate surface area is 143 Å². The summed E-state index contributed by atoms with van der Waals surface area (Å²) in [5.41, 5.74) is 0. The van der Waals surface area contributed by atoms with Gasteiger partial charge in [0.2, 0.25) is 5.89 Å². The molecule has 3 aliphatic rings. The molecule has 4 heterocycles. The van der Waals surface area contributed by atoms with E-state index in [1.54, 1.807) is 7.11 Å². The number of fused-ring (bicyclic) bond motifs is 4. The van der Waals surface area contributed by atoms with Crippen molar-refractivity contribution in [3.63, 3.8) is 0 Å². The fourth-order valence-corrected chi connectivity index (χ4v) is 5.12. The van der Waals surface area contributed by atoms with Crippen molar-refractivity contribution in [1.29, 1.82) is 0 Å². The van der Waals surface area contributed by atoms with Crippen molar-refractivity contribution >= 4 is 0 Å². The van der Waals surface area contributed by atoms with E-state index in [1.807, 2.05) is 0 Å². The van der Waals surface area contributed by atoms with Crippen LogP contribution in [-0.2, 0) is 17.9 Å². The van der Waals surface area contributed by atoms with Crippen molar-refractivity contribution in [1.82, 2.24) is 19.9 Å². The van der Waals surface area contributed by atoms with Gasteiger partial charge in [0.15, 0.2) is 5.82 Å². The van der Waals surface area contributed by atoms with Crippen LogP contribution in [0, 0.1) is 11.8 Å². The largest absolute Gasteiger partial charge is 0.395 e. The summed E-state index contributed by atoms with van der Waals surface area (Å²) in [7, 11) is 1.63. The van der Waals surface area contributed by atoms with Crippen LogP contribution in [0.15, 0.2) is 4.52 Å². The molecule has 0 unspecified atom stereocenters. The third-order valence-corrected chi connectivity index (χ3v) is 6.03. The lowest BCUT2D eigenvalue weighted by molar-refractivity contribution is -0.0887. The van der Waals surface area contributed by atoms with Crippen molar-refractivity contribution in [3.05, 3.63) is 11.7 Å². The first-order chi connectivity index (χ1) is 11.8. The lowest BCUT2D eigenvalue weighted by Gasteiger charge is -2.56. The van der Waals surface area contributed by atoms with Crippen molar-refractivity contribution in [2.75, 3.05) is 33.4 Å². The number of ether oxygens (including phenoxy) is 1. The standard InChI is InChI=1S/C17H28N4O3/c1-23-11-16-18-17(24-19-16)9-20-7-12-6-13(8-20)15(10-22)21-5-3-2-4-14(12)21/h12-15,22H,2-11H2,1H3/t12-,13+,14+,15+/m1/s1. The fourth-order valence-electron chi connectivity index (χ4n) is 5.12. The number of methoxy groups -OCH3 is 1. The quantitative estimate of drug-likeness (QED) is 0.855. The number of aromatic nitrogens is 2. The van der Waals surface area contributed by atoms with Crippen LogP contribution in [0.2, 0.25) is 0 Å². The van der Waals surface area contributed by atoms with Crippen LogP contribution in [0.25, 0.3) is 0 Å². The molecule has 3 fully saturated rings. The zero-order valence-electron chi connectivity index (χ0n) is 14.4. The second-order valence-corrected chi connectivity index (χ2v) is 7.54. The van der Waals surface area contributed by atoms with Crippen molar-refractivity contribution < 1.29 is 14.4 Å². The average molecular weight is 336 g/mol. The van der Waals surface area contributed by atoms with Gasteiger partial charge < -0.3 is 14.4 Å². The van der Waals surface area contributed by atoms with Gasteiger partial charge in [0.05, 0.1) is 13.2 Å². The normalized spacial score (nSPS) is 34.2. The second kappa shape index (κ2) is 7.07. The van der Waals surface area contributed by atoms with Crippen molar-refractivity contribution in [2.24, 2.45) is 11.8 Å². The van der Waals surface area contributed by atoms with Gasteiger partial charge in [0.1, 0.15) is 6.61 Å². The Hall–Kier alpha value is -1.02. The summed E-state index contributed by atoms with van der Waals surface area (Å²) in [5.74, 6) is 2.53. The van der Waals surface area contributed by atoms with Gasteiger partial charge in [-0.3, -0.25) is 9.80 Å². The number of likely N-dealkylation sites (tertiary alicyclic amines) is 1. The van der Waals surface area contributed by atoms with E-state index in [2.05, 4.69) is 19.9 Å². The minimum absolute atomic E-state index is 0.278. The van der Waals surface area contributed by atoms with E-state index in [1.165, 1.54) is 25.7 Å². The molecule has 2 bridgehead atoms. The lowest BCUT2D eigenvalue weighted by atomic mass is 9.72. The van der Waals surface area contributed by atoms with Crippen molar-refractivity contribution in [3.8, 4) is 0 Å². The highest BCUT2D eigenvalue weighted by Gasteiger charge is 2.46. The molecule has 4 rings (SSSR count). The first-order valence-corrected chi connectivity index (χ1v) is 9.18. The zero-order valence-corrected chi connectivity index (χ0v) is 14.4. The molecule has 1 aromatic rings. The van der Waals surface area contributed by atoms with Crippen LogP contribution in [0.3, 0.4) is 0 Å². The van der Waals surface area contributed by atoms with Gasteiger partial charge in [-0.2, -0.15) is 4.98 Å². The summed E-state index contributed by atoms with van der Waals surface area (Å²) in [6.45, 7) is 4.63. The summed E-state index contributed by atoms with van der Waals surface area (Å²) in [5, 5.41) is 13.9. The van der Waals surface area contributed by atoms with Crippen LogP contribution >= 0.6 is 0 Å². The number of hydrogen-bond donors (Lipinski definition) is 1. The zero-order chi connectivity index (χ0) is 16.5. The summed E-state index contributed by atoms with van der Waals surface area (Å²) in [4.78, 5) is 9.46. The molecule has 3 saturated heterocycles. The second-order valence-electron chi connectivity index (χ2n) is 7.54. The molecule has 4 atom stereocenters. The Kier molecular flexibility index (Phi) is 4.85. The third-order valence-electron chi connectivity index (χ3n) is 6.03. The van der Waals surface area contributed by atoms with Gasteiger partial charge >= 0.3 is 0 Å². The maximum Gasteiger partial charge on any atom is 0.240 e. The summed E-state index contributed by atoms with van der Waals surface area (Å²) >= 11 is 0. The number of rotatable bonds is 5. The first-order valence-electron chi connectivity index (χ1n) is 9.18. The molecule has 0 radical (unpaired) electrons. The molecule has 0 aliphatic carbocycles.